The van der Waals surface area contributed by atoms with E-state index >= 15 is 0 Å². The summed E-state index contributed by atoms with van der Waals surface area (Å²) in [6.45, 7) is 2.56. The monoisotopic (exact) mass is 412 g/mol. The molecule has 1 amide bonds. The van der Waals surface area contributed by atoms with Gasteiger partial charge in [0, 0.05) is 50.2 Å². The summed E-state index contributed by atoms with van der Waals surface area (Å²) in [5, 5.41) is 0.976. The standard InChI is InChI=1S/C25H24N4O2/c1-27-20-11-6-5-10-19(20)23(24(27)18-8-3-2-4-9-18)25(31)29-16-14-28(15-17-29)21-12-7-13-22(30)26-21/h2-13H,14-17H2,1H3,(H,26,30). The number of pyridine rings is 1. The number of amides is 1. The van der Waals surface area contributed by atoms with Crippen molar-refractivity contribution in [3.05, 3.63) is 88.7 Å². The second-order valence-corrected chi connectivity index (χ2v) is 7.85. The summed E-state index contributed by atoms with van der Waals surface area (Å²) < 4.78 is 2.11. The van der Waals surface area contributed by atoms with Gasteiger partial charge in [0.1, 0.15) is 5.82 Å². The molecule has 4 aromatic rings. The van der Waals surface area contributed by atoms with E-state index in [0.717, 1.165) is 33.5 Å². The molecular weight excluding hydrogens is 388 g/mol. The lowest BCUT2D eigenvalue weighted by Gasteiger charge is -2.35. The van der Waals surface area contributed by atoms with Crippen molar-refractivity contribution in [2.24, 2.45) is 7.05 Å². The predicted octanol–water partition coefficient (Wildman–Crippen LogP) is 3.50. The maximum absolute atomic E-state index is 13.8. The first kappa shape index (κ1) is 19.2. The first-order valence-corrected chi connectivity index (χ1v) is 10.5. The number of rotatable bonds is 3. The Balaban J connectivity index is 1.49. The highest BCUT2D eigenvalue weighted by Crippen LogP contribution is 2.34. The number of carbonyl (C=O) groups is 1. The van der Waals surface area contributed by atoms with Crippen LogP contribution in [0.4, 0.5) is 5.82 Å². The minimum atomic E-state index is -0.112. The molecule has 1 saturated heterocycles. The molecule has 0 bridgehead atoms. The fourth-order valence-electron chi connectivity index (χ4n) is 4.47. The smallest absolute Gasteiger partial charge is 0.256 e. The average Bonchev–Trinajstić information content (AvgIpc) is 3.12. The molecule has 2 aromatic heterocycles. The molecule has 0 aliphatic carbocycles. The number of fused-ring (bicyclic) bond motifs is 1. The summed E-state index contributed by atoms with van der Waals surface area (Å²) in [6.07, 6.45) is 0. The van der Waals surface area contributed by atoms with Gasteiger partial charge in [0.25, 0.3) is 5.91 Å². The molecule has 31 heavy (non-hydrogen) atoms. The van der Waals surface area contributed by atoms with Crippen LogP contribution < -0.4 is 10.5 Å². The summed E-state index contributed by atoms with van der Waals surface area (Å²) in [6, 6.07) is 23.3. The maximum atomic E-state index is 13.8. The molecule has 3 heterocycles. The Morgan fingerprint density at radius 1 is 0.839 bits per heavy atom. The number of piperazine rings is 1. The molecule has 5 rings (SSSR count). The fourth-order valence-corrected chi connectivity index (χ4v) is 4.47. The van der Waals surface area contributed by atoms with Crippen molar-refractivity contribution in [3.63, 3.8) is 0 Å². The molecule has 6 nitrogen and oxygen atoms in total. The number of para-hydroxylation sites is 1. The molecule has 0 spiro atoms. The van der Waals surface area contributed by atoms with Gasteiger partial charge in [-0.3, -0.25) is 9.59 Å². The lowest BCUT2D eigenvalue weighted by molar-refractivity contribution is 0.0749. The van der Waals surface area contributed by atoms with E-state index in [1.165, 1.54) is 6.07 Å². The van der Waals surface area contributed by atoms with Crippen molar-refractivity contribution < 1.29 is 4.79 Å². The zero-order chi connectivity index (χ0) is 21.4. The Labute approximate surface area is 180 Å². The molecule has 0 saturated carbocycles. The predicted molar refractivity (Wildman–Crippen MR) is 124 cm³/mol. The van der Waals surface area contributed by atoms with Gasteiger partial charge in [0.2, 0.25) is 5.56 Å². The van der Waals surface area contributed by atoms with Crippen molar-refractivity contribution in [3.8, 4) is 11.3 Å². The van der Waals surface area contributed by atoms with E-state index in [1.807, 2.05) is 54.4 Å². The number of aromatic amines is 1. The van der Waals surface area contributed by atoms with E-state index < -0.39 is 0 Å². The van der Waals surface area contributed by atoms with Crippen LogP contribution >= 0.6 is 0 Å². The van der Waals surface area contributed by atoms with E-state index in [2.05, 4.69) is 32.7 Å². The van der Waals surface area contributed by atoms with Gasteiger partial charge in [-0.1, -0.05) is 54.6 Å². The SMILES string of the molecule is Cn1c(-c2ccccc2)c(C(=O)N2CCN(c3cccc(=O)[nH]3)CC2)c2ccccc21. The molecule has 1 N–H and O–H groups in total. The van der Waals surface area contributed by atoms with Crippen LogP contribution in [0.25, 0.3) is 22.2 Å². The molecule has 2 aromatic carbocycles. The Kier molecular flexibility index (Phi) is 4.82. The van der Waals surface area contributed by atoms with Crippen LogP contribution in [0, 0.1) is 0 Å². The fraction of sp³-hybridized carbons (Fsp3) is 0.200. The number of H-pyrrole nitrogens is 1. The third-order valence-corrected chi connectivity index (χ3v) is 6.03. The van der Waals surface area contributed by atoms with Gasteiger partial charge >= 0.3 is 0 Å². The largest absolute Gasteiger partial charge is 0.355 e. The number of hydrogen-bond donors (Lipinski definition) is 1. The van der Waals surface area contributed by atoms with Gasteiger partial charge in [-0.05, 0) is 17.7 Å². The van der Waals surface area contributed by atoms with Crippen LogP contribution in [0.3, 0.4) is 0 Å². The number of benzene rings is 2. The van der Waals surface area contributed by atoms with Gasteiger partial charge in [0.05, 0.1) is 11.3 Å². The second-order valence-electron chi connectivity index (χ2n) is 7.85. The number of aryl methyl sites for hydroxylation is 1. The van der Waals surface area contributed by atoms with Crippen molar-refractivity contribution >= 4 is 22.6 Å². The molecule has 0 unspecified atom stereocenters. The molecule has 0 atom stereocenters. The quantitative estimate of drug-likeness (QED) is 0.560. The van der Waals surface area contributed by atoms with E-state index in [0.29, 0.717) is 26.2 Å². The summed E-state index contributed by atoms with van der Waals surface area (Å²) in [5.41, 5.74) is 3.67. The summed E-state index contributed by atoms with van der Waals surface area (Å²) >= 11 is 0. The Morgan fingerprint density at radius 2 is 1.55 bits per heavy atom. The highest BCUT2D eigenvalue weighted by Gasteiger charge is 2.28. The van der Waals surface area contributed by atoms with Crippen molar-refractivity contribution in [2.75, 3.05) is 31.1 Å². The number of nitrogens with zero attached hydrogens (tertiary/aromatic N) is 3. The van der Waals surface area contributed by atoms with Crippen LogP contribution in [0.15, 0.2) is 77.6 Å². The highest BCUT2D eigenvalue weighted by atomic mass is 16.2. The summed E-state index contributed by atoms with van der Waals surface area (Å²) in [5.74, 6) is 0.853. The Bertz CT molecular complexity index is 1300. The normalized spacial score (nSPS) is 14.2. The number of aromatic nitrogens is 2. The number of hydrogen-bond acceptors (Lipinski definition) is 3. The highest BCUT2D eigenvalue weighted by molar-refractivity contribution is 6.12. The third kappa shape index (κ3) is 3.40. The zero-order valence-electron chi connectivity index (χ0n) is 17.4. The Morgan fingerprint density at radius 3 is 2.29 bits per heavy atom. The summed E-state index contributed by atoms with van der Waals surface area (Å²) in [4.78, 5) is 32.3. The van der Waals surface area contributed by atoms with Crippen molar-refractivity contribution in [1.82, 2.24) is 14.5 Å². The van der Waals surface area contributed by atoms with Crippen LogP contribution in [0.2, 0.25) is 0 Å². The minimum absolute atomic E-state index is 0.0526. The topological polar surface area (TPSA) is 61.3 Å². The van der Waals surface area contributed by atoms with Gasteiger partial charge < -0.3 is 19.4 Å². The molecular formula is C25H24N4O2. The first-order chi connectivity index (χ1) is 15.1. The number of carbonyl (C=O) groups excluding carboxylic acids is 1. The van der Waals surface area contributed by atoms with Crippen LogP contribution in [-0.4, -0.2) is 46.5 Å². The Hall–Kier alpha value is -3.80. The molecule has 156 valence electrons. The van der Waals surface area contributed by atoms with E-state index in [1.54, 1.807) is 6.07 Å². The molecule has 0 radical (unpaired) electrons. The van der Waals surface area contributed by atoms with Gasteiger partial charge in [0.15, 0.2) is 0 Å². The lowest BCUT2D eigenvalue weighted by Crippen LogP contribution is -2.49. The average molecular weight is 412 g/mol. The van der Waals surface area contributed by atoms with Crippen molar-refractivity contribution in [1.29, 1.82) is 0 Å². The summed E-state index contributed by atoms with van der Waals surface area (Å²) in [7, 11) is 2.02. The first-order valence-electron chi connectivity index (χ1n) is 10.5. The maximum Gasteiger partial charge on any atom is 0.256 e. The molecule has 1 aliphatic heterocycles. The van der Waals surface area contributed by atoms with Crippen molar-refractivity contribution in [2.45, 2.75) is 0 Å². The van der Waals surface area contributed by atoms with Gasteiger partial charge in [-0.15, -0.1) is 0 Å². The van der Waals surface area contributed by atoms with E-state index in [-0.39, 0.29) is 11.5 Å². The van der Waals surface area contributed by atoms with Gasteiger partial charge in [-0.25, -0.2) is 0 Å². The molecule has 1 aliphatic rings. The van der Waals surface area contributed by atoms with Crippen LogP contribution in [0.5, 0.6) is 0 Å². The third-order valence-electron chi connectivity index (χ3n) is 6.03. The zero-order valence-corrected chi connectivity index (χ0v) is 17.4. The van der Waals surface area contributed by atoms with Crippen LogP contribution in [0.1, 0.15) is 10.4 Å². The number of anilines is 1. The van der Waals surface area contributed by atoms with Gasteiger partial charge in [-0.2, -0.15) is 0 Å². The van der Waals surface area contributed by atoms with Crippen LogP contribution in [-0.2, 0) is 7.05 Å². The molecule has 6 heteroatoms. The lowest BCUT2D eigenvalue weighted by atomic mass is 10.0. The minimum Gasteiger partial charge on any atom is -0.355 e. The molecule has 1 fully saturated rings. The van der Waals surface area contributed by atoms with E-state index in [4.69, 9.17) is 0 Å². The number of nitrogens with one attached hydrogen (secondary N) is 1. The van der Waals surface area contributed by atoms with E-state index in [9.17, 15) is 9.59 Å². The second kappa shape index (κ2) is 7.80.